The van der Waals surface area contributed by atoms with Gasteiger partial charge in [-0.05, 0) is 19.3 Å². The number of hydrogen-bond acceptors (Lipinski definition) is 0. The molecule has 1 nitrogen and oxygen atoms in total. The van der Waals surface area contributed by atoms with E-state index in [1.54, 1.807) is 0 Å². The number of halogens is 4. The fourth-order valence-electron chi connectivity index (χ4n) is 3.16. The summed E-state index contributed by atoms with van der Waals surface area (Å²) < 4.78 is 39.0. The van der Waals surface area contributed by atoms with Crippen LogP contribution in [0.3, 0.4) is 0 Å². The summed E-state index contributed by atoms with van der Waals surface area (Å²) in [4.78, 5) is 0. The fraction of sp³-hybridized carbons (Fsp3) is 1.00. The lowest BCUT2D eigenvalue weighted by atomic mass is 9.83. The molecule has 0 atom stereocenters. The molecule has 6 heteroatoms. The van der Waals surface area contributed by atoms with Crippen LogP contribution in [0.25, 0.3) is 0 Å². The molecule has 0 bridgehead atoms. The van der Waals surface area contributed by atoms with Crippen molar-refractivity contribution in [3.63, 3.8) is 0 Å². The molecular formula is C19H42BF4N. The molecule has 0 fully saturated rings. The molecule has 0 rings (SSSR count). The van der Waals surface area contributed by atoms with Gasteiger partial charge >= 0.3 is 7.25 Å². The summed E-state index contributed by atoms with van der Waals surface area (Å²) in [7, 11) is -6.00. The Kier molecular flexibility index (Phi) is 18.5. The molecule has 0 aromatic rings. The van der Waals surface area contributed by atoms with Crippen molar-refractivity contribution in [2.75, 3.05) is 0 Å². The maximum absolute atomic E-state index is 9.75. The number of hydrogen-bond donors (Lipinski definition) is 1. The number of rotatable bonds is 15. The Hall–Kier alpha value is -0.255. The maximum Gasteiger partial charge on any atom is 0.673 e. The Balaban J connectivity index is 0. The molecule has 154 valence electrons. The summed E-state index contributed by atoms with van der Waals surface area (Å²) in [5.41, 5.74) is 5.06. The average Bonchev–Trinajstić information content (AvgIpc) is 2.51. The van der Waals surface area contributed by atoms with Crippen LogP contribution >= 0.6 is 0 Å². The van der Waals surface area contributed by atoms with E-state index in [1.807, 2.05) is 0 Å². The average molecular weight is 371 g/mol. The van der Waals surface area contributed by atoms with E-state index in [9.17, 15) is 17.3 Å². The van der Waals surface area contributed by atoms with Crippen molar-refractivity contribution in [3.05, 3.63) is 0 Å². The Bertz CT molecular complexity index is 235. The minimum Gasteiger partial charge on any atom is -0.418 e. The van der Waals surface area contributed by atoms with E-state index in [0.717, 1.165) is 0 Å². The summed E-state index contributed by atoms with van der Waals surface area (Å²) in [5, 5.41) is 0. The van der Waals surface area contributed by atoms with Gasteiger partial charge in [-0.25, -0.2) is 0 Å². The molecule has 0 aliphatic carbocycles. The maximum atomic E-state index is 9.75. The van der Waals surface area contributed by atoms with Gasteiger partial charge in [0.15, 0.2) is 0 Å². The number of quaternary nitrogens is 1. The van der Waals surface area contributed by atoms with Gasteiger partial charge in [-0.3, -0.25) is 0 Å². The van der Waals surface area contributed by atoms with Crippen molar-refractivity contribution in [3.8, 4) is 0 Å². The molecule has 0 spiro atoms. The van der Waals surface area contributed by atoms with Gasteiger partial charge in [0.2, 0.25) is 0 Å². The second-order valence-corrected chi connectivity index (χ2v) is 7.43. The van der Waals surface area contributed by atoms with Gasteiger partial charge in [0, 0.05) is 19.3 Å². The van der Waals surface area contributed by atoms with Crippen molar-refractivity contribution in [2.45, 2.75) is 123 Å². The van der Waals surface area contributed by atoms with Crippen LogP contribution in [0.4, 0.5) is 17.3 Å². The van der Waals surface area contributed by atoms with Crippen molar-refractivity contribution in [1.82, 2.24) is 0 Å². The highest BCUT2D eigenvalue weighted by Gasteiger charge is 2.27. The first kappa shape index (κ1) is 27.0. The Labute approximate surface area is 153 Å². The first-order valence-corrected chi connectivity index (χ1v) is 10.4. The van der Waals surface area contributed by atoms with Crippen molar-refractivity contribution in [1.29, 1.82) is 0 Å². The minimum absolute atomic E-state index is 0.398. The zero-order chi connectivity index (χ0) is 19.6. The first-order valence-electron chi connectivity index (χ1n) is 10.4. The van der Waals surface area contributed by atoms with Gasteiger partial charge in [-0.2, -0.15) is 0 Å². The first-order chi connectivity index (χ1) is 11.7. The Morgan fingerprint density at radius 3 is 1.00 bits per heavy atom. The van der Waals surface area contributed by atoms with E-state index in [2.05, 4.69) is 26.5 Å². The lowest BCUT2D eigenvalue weighted by Gasteiger charge is -2.26. The van der Waals surface area contributed by atoms with Crippen LogP contribution in [0, 0.1) is 0 Å². The van der Waals surface area contributed by atoms with Gasteiger partial charge in [-0.15, -0.1) is 0 Å². The molecule has 0 unspecified atom stereocenters. The van der Waals surface area contributed by atoms with Gasteiger partial charge in [0.05, 0.1) is 5.54 Å². The summed E-state index contributed by atoms with van der Waals surface area (Å²) in [6, 6.07) is 0. The summed E-state index contributed by atoms with van der Waals surface area (Å²) in [5.74, 6) is 0. The molecule has 0 aliphatic rings. The zero-order valence-corrected chi connectivity index (χ0v) is 16.9. The highest BCUT2D eigenvalue weighted by atomic mass is 19.5. The predicted molar refractivity (Wildman–Crippen MR) is 102 cm³/mol. The van der Waals surface area contributed by atoms with E-state index in [0.29, 0.717) is 5.54 Å². The van der Waals surface area contributed by atoms with Gasteiger partial charge in [0.25, 0.3) is 0 Å². The zero-order valence-electron chi connectivity index (χ0n) is 16.9. The molecular weight excluding hydrogens is 329 g/mol. The van der Waals surface area contributed by atoms with Crippen LogP contribution in [0.2, 0.25) is 0 Å². The Morgan fingerprint density at radius 1 is 0.560 bits per heavy atom. The Morgan fingerprint density at radius 2 is 0.800 bits per heavy atom. The topological polar surface area (TPSA) is 27.6 Å². The van der Waals surface area contributed by atoms with Gasteiger partial charge in [-0.1, -0.05) is 78.6 Å². The van der Waals surface area contributed by atoms with E-state index < -0.39 is 7.25 Å². The third kappa shape index (κ3) is 26.1. The molecule has 3 N–H and O–H groups in total. The monoisotopic (exact) mass is 371 g/mol. The van der Waals surface area contributed by atoms with E-state index in [4.69, 9.17) is 0 Å². The van der Waals surface area contributed by atoms with Gasteiger partial charge in [0.1, 0.15) is 0 Å². The van der Waals surface area contributed by atoms with Crippen LogP contribution in [0.15, 0.2) is 0 Å². The lowest BCUT2D eigenvalue weighted by Crippen LogP contribution is -2.72. The molecule has 25 heavy (non-hydrogen) atoms. The molecule has 0 aliphatic heterocycles. The molecule has 0 saturated heterocycles. The molecule has 0 amide bonds. The minimum atomic E-state index is -6.00. The second-order valence-electron chi connectivity index (χ2n) is 7.43. The number of unbranched alkanes of at least 4 members (excludes halogenated alkanes) is 9. The molecule has 0 heterocycles. The quantitative estimate of drug-likeness (QED) is 0.179. The summed E-state index contributed by atoms with van der Waals surface area (Å²) in [6.45, 7) is 6.90. The molecule has 0 aromatic heterocycles. The lowest BCUT2D eigenvalue weighted by molar-refractivity contribution is -0.484. The summed E-state index contributed by atoms with van der Waals surface area (Å²) in [6.07, 6.45) is 20.8. The predicted octanol–water partition coefficient (Wildman–Crippen LogP) is 7.18. The smallest absolute Gasteiger partial charge is 0.418 e. The van der Waals surface area contributed by atoms with Crippen molar-refractivity contribution < 1.29 is 23.0 Å². The fourth-order valence-corrected chi connectivity index (χ4v) is 3.16. The van der Waals surface area contributed by atoms with Crippen molar-refractivity contribution in [2.24, 2.45) is 0 Å². The van der Waals surface area contributed by atoms with Crippen LogP contribution in [-0.4, -0.2) is 12.8 Å². The SMILES string of the molecule is CCCCCCC([NH3+])(CCCCCC)CCCCCC.F[B-](F)(F)F. The summed E-state index contributed by atoms with van der Waals surface area (Å²) >= 11 is 0. The van der Waals surface area contributed by atoms with Crippen LogP contribution in [-0.2, 0) is 0 Å². The van der Waals surface area contributed by atoms with Crippen LogP contribution in [0.5, 0.6) is 0 Å². The molecule has 0 saturated carbocycles. The molecule has 0 radical (unpaired) electrons. The third-order valence-corrected chi connectivity index (χ3v) is 4.68. The highest BCUT2D eigenvalue weighted by Crippen LogP contribution is 2.24. The van der Waals surface area contributed by atoms with Gasteiger partial charge < -0.3 is 23.0 Å². The van der Waals surface area contributed by atoms with Crippen LogP contribution < -0.4 is 5.73 Å². The normalized spacial score (nSPS) is 12.0. The molecule has 0 aromatic carbocycles. The largest absolute Gasteiger partial charge is 0.673 e. The van der Waals surface area contributed by atoms with E-state index in [-0.39, 0.29) is 0 Å². The van der Waals surface area contributed by atoms with E-state index in [1.165, 1.54) is 96.3 Å². The van der Waals surface area contributed by atoms with E-state index >= 15 is 0 Å². The highest BCUT2D eigenvalue weighted by molar-refractivity contribution is 6.50. The third-order valence-electron chi connectivity index (χ3n) is 4.68. The van der Waals surface area contributed by atoms with Crippen molar-refractivity contribution >= 4 is 7.25 Å². The second kappa shape index (κ2) is 17.2. The van der Waals surface area contributed by atoms with Crippen LogP contribution in [0.1, 0.15) is 117 Å². The standard InChI is InChI=1S/C19H41N.BF4/c1-4-7-10-13-16-19(20,17-14-11-8-5-2)18-15-12-9-6-3;2-1(3,4)5/h4-18,20H2,1-3H3;/q;-1/p+1.